The number of rotatable bonds is 4. The number of amides is 2. The summed E-state index contributed by atoms with van der Waals surface area (Å²) in [5.41, 5.74) is 2.13. The number of nitrogens with zero attached hydrogens (tertiary/aromatic N) is 2. The van der Waals surface area contributed by atoms with Crippen LogP contribution in [0, 0.1) is 0 Å². The Morgan fingerprint density at radius 2 is 1.60 bits per heavy atom. The Balaban J connectivity index is 1.90. The highest BCUT2D eigenvalue weighted by molar-refractivity contribution is 6.54. The molecule has 136 valence electrons. The maximum atomic E-state index is 13.0. The molecule has 2 saturated heterocycles. The lowest BCUT2D eigenvalue weighted by molar-refractivity contribution is -0.114. The van der Waals surface area contributed by atoms with Crippen LogP contribution in [0.4, 0.5) is 11.4 Å². The van der Waals surface area contributed by atoms with Gasteiger partial charge in [0.15, 0.2) is 4.84 Å². The number of benzene rings is 1. The van der Waals surface area contributed by atoms with Gasteiger partial charge >= 0.3 is 0 Å². The van der Waals surface area contributed by atoms with E-state index in [1.165, 1.54) is 6.42 Å². The predicted octanol–water partition coefficient (Wildman–Crippen LogP) is 3.66. The summed E-state index contributed by atoms with van der Waals surface area (Å²) in [5, 5.41) is 2.67. The van der Waals surface area contributed by atoms with Gasteiger partial charge in [-0.25, -0.2) is 0 Å². The van der Waals surface area contributed by atoms with Gasteiger partial charge in [-0.15, -0.1) is 0 Å². The molecule has 0 bridgehead atoms. The first-order chi connectivity index (χ1) is 12.1. The Hall–Kier alpha value is -1.46. The fourth-order valence-corrected chi connectivity index (χ4v) is 3.59. The summed E-state index contributed by atoms with van der Waals surface area (Å²) in [5.74, 6) is -0.462. The number of hydrogen-bond acceptors (Lipinski definition) is 3. The molecule has 1 aromatic carbocycles. The van der Waals surface area contributed by atoms with E-state index >= 15 is 0 Å². The van der Waals surface area contributed by atoms with Crippen molar-refractivity contribution in [3.8, 4) is 0 Å². The van der Waals surface area contributed by atoms with Crippen LogP contribution in [0.15, 0.2) is 18.2 Å². The minimum absolute atomic E-state index is 0.0301. The van der Waals surface area contributed by atoms with Crippen LogP contribution in [0.1, 0.15) is 42.5 Å². The molecule has 2 aliphatic rings. The molecule has 2 heterocycles. The highest BCUT2D eigenvalue weighted by atomic mass is 35.5. The second-order valence-electron chi connectivity index (χ2n) is 6.57. The number of anilines is 2. The van der Waals surface area contributed by atoms with Crippen LogP contribution in [0.3, 0.4) is 0 Å². The third kappa shape index (κ3) is 4.39. The predicted molar refractivity (Wildman–Crippen MR) is 102 cm³/mol. The number of carbonyl (C=O) groups is 2. The fraction of sp³-hybridized carbons (Fsp3) is 0.556. The average molecular weight is 384 g/mol. The van der Waals surface area contributed by atoms with Gasteiger partial charge in [-0.2, -0.15) is 0 Å². The van der Waals surface area contributed by atoms with Gasteiger partial charge in [0, 0.05) is 37.6 Å². The minimum atomic E-state index is -1.14. The number of nitrogens with one attached hydrogen (secondary N) is 1. The molecular weight excluding hydrogens is 361 g/mol. The SMILES string of the molecule is O=C(Nc1ccc(N2CCCCC2)c(C(=O)N2CCCC2)c1)C(Cl)Cl. The standard InChI is InChI=1S/C18H23Cl2N3O2/c19-16(20)17(24)21-13-6-7-15(22-8-2-1-3-9-22)14(12-13)18(25)23-10-4-5-11-23/h6-7,12,16H,1-5,8-11H2,(H,21,24). The Bertz CT molecular complexity index is 639. The van der Waals surface area contributed by atoms with E-state index in [-0.39, 0.29) is 5.91 Å². The van der Waals surface area contributed by atoms with Crippen LogP contribution in [0.5, 0.6) is 0 Å². The van der Waals surface area contributed by atoms with Crippen molar-refractivity contribution in [2.75, 3.05) is 36.4 Å². The van der Waals surface area contributed by atoms with Gasteiger partial charge in [0.1, 0.15) is 0 Å². The number of hydrogen-bond donors (Lipinski definition) is 1. The van der Waals surface area contributed by atoms with Gasteiger partial charge < -0.3 is 15.1 Å². The monoisotopic (exact) mass is 383 g/mol. The van der Waals surface area contributed by atoms with Crippen molar-refractivity contribution in [1.29, 1.82) is 0 Å². The van der Waals surface area contributed by atoms with Crippen molar-refractivity contribution in [1.82, 2.24) is 4.90 Å². The zero-order valence-electron chi connectivity index (χ0n) is 14.1. The quantitative estimate of drug-likeness (QED) is 0.807. The Morgan fingerprint density at radius 3 is 2.24 bits per heavy atom. The number of halogens is 2. The van der Waals surface area contributed by atoms with Crippen molar-refractivity contribution in [2.24, 2.45) is 0 Å². The largest absolute Gasteiger partial charge is 0.371 e. The van der Waals surface area contributed by atoms with Crippen molar-refractivity contribution < 1.29 is 9.59 Å². The molecule has 25 heavy (non-hydrogen) atoms. The number of carbonyl (C=O) groups excluding carboxylic acids is 2. The molecule has 0 radical (unpaired) electrons. The van der Waals surface area contributed by atoms with Crippen LogP contribution in [-0.4, -0.2) is 47.7 Å². The number of piperidine rings is 1. The Morgan fingerprint density at radius 1 is 0.960 bits per heavy atom. The molecule has 1 aromatic rings. The zero-order valence-corrected chi connectivity index (χ0v) is 15.7. The highest BCUT2D eigenvalue weighted by Gasteiger charge is 2.25. The third-order valence-electron chi connectivity index (χ3n) is 4.78. The third-order valence-corrected chi connectivity index (χ3v) is 5.18. The first-order valence-electron chi connectivity index (χ1n) is 8.83. The molecule has 0 unspecified atom stereocenters. The maximum Gasteiger partial charge on any atom is 0.257 e. The van der Waals surface area contributed by atoms with Crippen LogP contribution in [0.2, 0.25) is 0 Å². The first-order valence-corrected chi connectivity index (χ1v) is 9.71. The highest BCUT2D eigenvalue weighted by Crippen LogP contribution is 2.29. The molecule has 5 nitrogen and oxygen atoms in total. The molecule has 0 aromatic heterocycles. The lowest BCUT2D eigenvalue weighted by Crippen LogP contribution is -2.34. The van der Waals surface area contributed by atoms with E-state index in [4.69, 9.17) is 23.2 Å². The summed E-state index contributed by atoms with van der Waals surface area (Å²) in [7, 11) is 0. The topological polar surface area (TPSA) is 52.7 Å². The molecule has 2 fully saturated rings. The van der Waals surface area contributed by atoms with Gasteiger partial charge in [-0.05, 0) is 50.3 Å². The van der Waals surface area contributed by atoms with Crippen LogP contribution in [-0.2, 0) is 4.79 Å². The summed E-state index contributed by atoms with van der Waals surface area (Å²) < 4.78 is 0. The van der Waals surface area contributed by atoms with Crippen molar-refractivity contribution in [3.63, 3.8) is 0 Å². The van der Waals surface area contributed by atoms with Gasteiger partial charge in [0.25, 0.3) is 11.8 Å². The van der Waals surface area contributed by atoms with Crippen molar-refractivity contribution in [3.05, 3.63) is 23.8 Å². The molecule has 0 spiro atoms. The van der Waals surface area contributed by atoms with Gasteiger partial charge in [0.2, 0.25) is 0 Å². The second kappa shape index (κ2) is 8.28. The average Bonchev–Trinajstić information content (AvgIpc) is 3.16. The number of alkyl halides is 2. The van der Waals surface area contributed by atoms with Gasteiger partial charge in [0.05, 0.1) is 5.56 Å². The summed E-state index contributed by atoms with van der Waals surface area (Å²) in [4.78, 5) is 27.8. The van der Waals surface area contributed by atoms with E-state index in [0.717, 1.165) is 57.5 Å². The lowest BCUT2D eigenvalue weighted by atomic mass is 10.1. The van der Waals surface area contributed by atoms with Crippen LogP contribution >= 0.6 is 23.2 Å². The minimum Gasteiger partial charge on any atom is -0.371 e. The Kier molecular flexibility index (Phi) is 6.07. The van der Waals surface area contributed by atoms with Crippen LogP contribution in [0.25, 0.3) is 0 Å². The number of likely N-dealkylation sites (tertiary alicyclic amines) is 1. The Labute approximate surface area is 158 Å². The van der Waals surface area contributed by atoms with E-state index in [9.17, 15) is 9.59 Å². The van der Waals surface area contributed by atoms with Crippen molar-refractivity contribution >= 4 is 46.4 Å². The lowest BCUT2D eigenvalue weighted by Gasteiger charge is -2.31. The van der Waals surface area contributed by atoms with E-state index in [1.54, 1.807) is 12.1 Å². The fourth-order valence-electron chi connectivity index (χ4n) is 3.48. The van der Waals surface area contributed by atoms with E-state index in [0.29, 0.717) is 11.3 Å². The van der Waals surface area contributed by atoms with Gasteiger partial charge in [-0.1, -0.05) is 23.2 Å². The van der Waals surface area contributed by atoms with Crippen LogP contribution < -0.4 is 10.2 Å². The molecule has 2 amide bonds. The molecular formula is C18H23Cl2N3O2. The molecule has 3 rings (SSSR count). The first kappa shape index (κ1) is 18.3. The molecule has 0 saturated carbocycles. The van der Waals surface area contributed by atoms with E-state index < -0.39 is 10.7 Å². The smallest absolute Gasteiger partial charge is 0.257 e. The van der Waals surface area contributed by atoms with E-state index in [1.807, 2.05) is 11.0 Å². The zero-order chi connectivity index (χ0) is 17.8. The normalized spacial score (nSPS) is 17.9. The summed E-state index contributed by atoms with van der Waals surface area (Å²) in [6.45, 7) is 3.50. The summed E-state index contributed by atoms with van der Waals surface area (Å²) in [6.07, 6.45) is 5.58. The maximum absolute atomic E-state index is 13.0. The van der Waals surface area contributed by atoms with E-state index in [2.05, 4.69) is 10.2 Å². The summed E-state index contributed by atoms with van der Waals surface area (Å²) >= 11 is 11.2. The molecule has 1 N–H and O–H groups in total. The second-order valence-corrected chi connectivity index (χ2v) is 7.67. The van der Waals surface area contributed by atoms with Gasteiger partial charge in [-0.3, -0.25) is 9.59 Å². The van der Waals surface area contributed by atoms with Crippen molar-refractivity contribution in [2.45, 2.75) is 36.9 Å². The summed E-state index contributed by atoms with van der Waals surface area (Å²) in [6, 6.07) is 5.47. The molecule has 7 heteroatoms. The molecule has 0 atom stereocenters. The molecule has 0 aliphatic carbocycles. The molecule has 2 aliphatic heterocycles.